The van der Waals surface area contributed by atoms with Crippen LogP contribution in [0.2, 0.25) is 0 Å². The zero-order valence-electron chi connectivity index (χ0n) is 12.3. The first-order valence-corrected chi connectivity index (χ1v) is 8.18. The molecule has 1 amide bonds. The Morgan fingerprint density at radius 1 is 1.40 bits per heavy atom. The number of hydrogen-bond donors (Lipinski definition) is 1. The van der Waals surface area contributed by atoms with E-state index in [0.29, 0.717) is 5.92 Å². The Bertz CT molecular complexity index is 468. The number of piperidine rings is 1. The van der Waals surface area contributed by atoms with Crippen LogP contribution in [0.15, 0.2) is 22.7 Å². The van der Waals surface area contributed by atoms with Crippen LogP contribution in [0, 0.1) is 12.8 Å². The second-order valence-electron chi connectivity index (χ2n) is 5.48. The molecule has 2 rings (SSSR count). The molecule has 0 bridgehead atoms. The predicted molar refractivity (Wildman–Crippen MR) is 86.1 cm³/mol. The zero-order valence-corrected chi connectivity index (χ0v) is 13.9. The molecule has 1 heterocycles. The van der Waals surface area contributed by atoms with Crippen LogP contribution in [0.5, 0.6) is 0 Å². The maximum absolute atomic E-state index is 12.6. The van der Waals surface area contributed by atoms with Crippen molar-refractivity contribution in [2.24, 2.45) is 5.92 Å². The maximum atomic E-state index is 12.6. The van der Waals surface area contributed by atoms with Gasteiger partial charge in [-0.25, -0.2) is 0 Å². The summed E-state index contributed by atoms with van der Waals surface area (Å²) in [4.78, 5) is 14.6. The van der Waals surface area contributed by atoms with Crippen LogP contribution in [-0.4, -0.2) is 37.0 Å². The Morgan fingerprint density at radius 2 is 2.10 bits per heavy atom. The average molecular weight is 339 g/mol. The summed E-state index contributed by atoms with van der Waals surface area (Å²) in [6.45, 7) is 7.99. The highest BCUT2D eigenvalue weighted by Gasteiger charge is 2.24. The van der Waals surface area contributed by atoms with Crippen LogP contribution >= 0.6 is 15.9 Å². The lowest BCUT2D eigenvalue weighted by molar-refractivity contribution is 0.0689. The van der Waals surface area contributed by atoms with E-state index >= 15 is 0 Å². The molecule has 1 aliphatic rings. The highest BCUT2D eigenvalue weighted by Crippen LogP contribution is 2.24. The number of nitrogens with one attached hydrogen (secondary N) is 1. The van der Waals surface area contributed by atoms with Crippen molar-refractivity contribution in [2.75, 3.05) is 26.2 Å². The van der Waals surface area contributed by atoms with Gasteiger partial charge in [0.15, 0.2) is 0 Å². The fourth-order valence-electron chi connectivity index (χ4n) is 2.67. The number of amides is 1. The molecule has 0 saturated carbocycles. The first kappa shape index (κ1) is 15.5. The minimum Gasteiger partial charge on any atom is -0.339 e. The third-order valence-electron chi connectivity index (χ3n) is 4.01. The summed E-state index contributed by atoms with van der Waals surface area (Å²) in [5, 5.41) is 3.40. The minimum atomic E-state index is 0.155. The lowest BCUT2D eigenvalue weighted by atomic mass is 9.96. The first-order chi connectivity index (χ1) is 9.63. The fraction of sp³-hybridized carbons (Fsp3) is 0.562. The van der Waals surface area contributed by atoms with Gasteiger partial charge in [-0.15, -0.1) is 0 Å². The van der Waals surface area contributed by atoms with Crippen molar-refractivity contribution in [3.05, 3.63) is 33.8 Å². The monoisotopic (exact) mass is 338 g/mol. The van der Waals surface area contributed by atoms with E-state index in [9.17, 15) is 4.79 Å². The Kier molecular flexibility index (Phi) is 5.61. The molecule has 0 radical (unpaired) electrons. The SMILES string of the molecule is CCNCC1CCN(C(=O)c2cccc(C)c2Br)CC1. The molecule has 0 spiro atoms. The molecular formula is C16H23BrN2O. The number of carbonyl (C=O) groups excluding carboxylic acids is 1. The summed E-state index contributed by atoms with van der Waals surface area (Å²) in [5.74, 6) is 0.863. The molecule has 0 aromatic heterocycles. The van der Waals surface area contributed by atoms with Gasteiger partial charge in [0, 0.05) is 17.6 Å². The van der Waals surface area contributed by atoms with Crippen molar-refractivity contribution in [1.29, 1.82) is 0 Å². The van der Waals surface area contributed by atoms with Crippen LogP contribution in [0.1, 0.15) is 35.7 Å². The molecule has 1 aromatic carbocycles. The molecule has 1 N–H and O–H groups in total. The Labute approximate surface area is 129 Å². The van der Waals surface area contributed by atoms with Gasteiger partial charge in [-0.2, -0.15) is 0 Å². The number of hydrogen-bond acceptors (Lipinski definition) is 2. The molecular weight excluding hydrogens is 316 g/mol. The number of halogens is 1. The van der Waals surface area contributed by atoms with E-state index in [2.05, 4.69) is 28.2 Å². The number of benzene rings is 1. The van der Waals surface area contributed by atoms with Crippen molar-refractivity contribution in [1.82, 2.24) is 10.2 Å². The maximum Gasteiger partial charge on any atom is 0.255 e. The van der Waals surface area contributed by atoms with Crippen LogP contribution in [0.4, 0.5) is 0 Å². The van der Waals surface area contributed by atoms with E-state index in [1.54, 1.807) is 0 Å². The van der Waals surface area contributed by atoms with E-state index in [4.69, 9.17) is 0 Å². The molecule has 0 unspecified atom stereocenters. The highest BCUT2D eigenvalue weighted by atomic mass is 79.9. The number of nitrogens with zero attached hydrogens (tertiary/aromatic N) is 1. The smallest absolute Gasteiger partial charge is 0.255 e. The lowest BCUT2D eigenvalue weighted by Gasteiger charge is -2.32. The topological polar surface area (TPSA) is 32.3 Å². The van der Waals surface area contributed by atoms with Crippen LogP contribution in [-0.2, 0) is 0 Å². The molecule has 1 fully saturated rings. The first-order valence-electron chi connectivity index (χ1n) is 7.38. The Hall–Kier alpha value is -0.870. The molecule has 110 valence electrons. The summed E-state index contributed by atoms with van der Waals surface area (Å²) in [6.07, 6.45) is 2.20. The van der Waals surface area contributed by atoms with Gasteiger partial charge in [-0.3, -0.25) is 4.79 Å². The quantitative estimate of drug-likeness (QED) is 0.914. The molecule has 1 aliphatic heterocycles. The second kappa shape index (κ2) is 7.23. The van der Waals surface area contributed by atoms with Crippen LogP contribution in [0.25, 0.3) is 0 Å². The van der Waals surface area contributed by atoms with Crippen molar-refractivity contribution in [3.63, 3.8) is 0 Å². The van der Waals surface area contributed by atoms with Gasteiger partial charge in [0.2, 0.25) is 0 Å². The van der Waals surface area contributed by atoms with Crippen molar-refractivity contribution in [2.45, 2.75) is 26.7 Å². The van der Waals surface area contributed by atoms with E-state index < -0.39 is 0 Å². The summed E-state index contributed by atoms with van der Waals surface area (Å²) in [5.41, 5.74) is 1.90. The van der Waals surface area contributed by atoms with Crippen LogP contribution < -0.4 is 5.32 Å². The predicted octanol–water partition coefficient (Wildman–Crippen LogP) is 3.22. The molecule has 3 nitrogen and oxygen atoms in total. The Morgan fingerprint density at radius 3 is 2.75 bits per heavy atom. The van der Waals surface area contributed by atoms with Gasteiger partial charge in [0.1, 0.15) is 0 Å². The zero-order chi connectivity index (χ0) is 14.5. The fourth-order valence-corrected chi connectivity index (χ4v) is 3.11. The van der Waals surface area contributed by atoms with Gasteiger partial charge in [0.25, 0.3) is 5.91 Å². The number of aryl methyl sites for hydroxylation is 1. The summed E-state index contributed by atoms with van der Waals surface area (Å²) in [7, 11) is 0. The van der Waals surface area contributed by atoms with Gasteiger partial charge in [-0.1, -0.05) is 19.1 Å². The third kappa shape index (κ3) is 3.61. The molecule has 1 saturated heterocycles. The Balaban J connectivity index is 1.96. The standard InChI is InChI=1S/C16H23BrN2O/c1-3-18-11-13-7-9-19(10-8-13)16(20)14-6-4-5-12(2)15(14)17/h4-6,13,18H,3,7-11H2,1-2H3. The van der Waals surface area contributed by atoms with E-state index in [-0.39, 0.29) is 5.91 Å². The molecule has 20 heavy (non-hydrogen) atoms. The van der Waals surface area contributed by atoms with Gasteiger partial charge < -0.3 is 10.2 Å². The average Bonchev–Trinajstić information content (AvgIpc) is 2.48. The van der Waals surface area contributed by atoms with Crippen molar-refractivity contribution in [3.8, 4) is 0 Å². The number of carbonyl (C=O) groups is 1. The molecule has 0 atom stereocenters. The third-order valence-corrected chi connectivity index (χ3v) is 5.06. The van der Waals surface area contributed by atoms with Crippen molar-refractivity contribution < 1.29 is 4.79 Å². The minimum absolute atomic E-state index is 0.155. The molecule has 4 heteroatoms. The lowest BCUT2D eigenvalue weighted by Crippen LogP contribution is -2.40. The normalized spacial score (nSPS) is 16.4. The highest BCUT2D eigenvalue weighted by molar-refractivity contribution is 9.10. The van der Waals surface area contributed by atoms with Gasteiger partial charge in [-0.05, 0) is 66.3 Å². The second-order valence-corrected chi connectivity index (χ2v) is 6.27. The summed E-state index contributed by atoms with van der Waals surface area (Å²) in [6, 6.07) is 5.87. The van der Waals surface area contributed by atoms with E-state index in [0.717, 1.165) is 54.6 Å². The largest absolute Gasteiger partial charge is 0.339 e. The number of likely N-dealkylation sites (tertiary alicyclic amines) is 1. The summed E-state index contributed by atoms with van der Waals surface area (Å²) < 4.78 is 0.930. The molecule has 0 aliphatic carbocycles. The van der Waals surface area contributed by atoms with Gasteiger partial charge in [0.05, 0.1) is 5.56 Å². The van der Waals surface area contributed by atoms with E-state index in [1.807, 2.05) is 30.0 Å². The van der Waals surface area contributed by atoms with E-state index in [1.165, 1.54) is 0 Å². The van der Waals surface area contributed by atoms with Crippen LogP contribution in [0.3, 0.4) is 0 Å². The van der Waals surface area contributed by atoms with Crippen molar-refractivity contribution >= 4 is 21.8 Å². The number of rotatable bonds is 4. The summed E-state index contributed by atoms with van der Waals surface area (Å²) >= 11 is 3.54. The molecule has 1 aromatic rings. The van der Waals surface area contributed by atoms with Gasteiger partial charge >= 0.3 is 0 Å².